The van der Waals surface area contributed by atoms with Crippen LogP contribution in [0.1, 0.15) is 41.7 Å². The quantitative estimate of drug-likeness (QED) is 0.627. The van der Waals surface area contributed by atoms with Crippen molar-refractivity contribution in [3.05, 3.63) is 49.5 Å². The van der Waals surface area contributed by atoms with E-state index < -0.39 is 11.0 Å². The van der Waals surface area contributed by atoms with Gasteiger partial charge in [-0.3, -0.25) is 10.1 Å². The molecule has 0 fully saturated rings. The van der Waals surface area contributed by atoms with Crippen molar-refractivity contribution in [1.82, 2.24) is 10.3 Å². The van der Waals surface area contributed by atoms with E-state index in [0.29, 0.717) is 11.3 Å². The van der Waals surface area contributed by atoms with Crippen molar-refractivity contribution in [3.8, 4) is 0 Å². The average Bonchev–Trinajstić information content (AvgIpc) is 3.00. The summed E-state index contributed by atoms with van der Waals surface area (Å²) >= 11 is 1.56. The molecule has 24 heavy (non-hydrogen) atoms. The van der Waals surface area contributed by atoms with Gasteiger partial charge in [0, 0.05) is 11.4 Å². The van der Waals surface area contributed by atoms with Gasteiger partial charge in [0.1, 0.15) is 0 Å². The average molecular weight is 348 g/mol. The number of nitro groups is 1. The Morgan fingerprint density at radius 1 is 1.42 bits per heavy atom. The Bertz CT molecular complexity index is 773. The number of thiazole rings is 1. The third kappa shape index (κ3) is 3.88. The van der Waals surface area contributed by atoms with Gasteiger partial charge >= 0.3 is 6.03 Å². The standard InChI is InChI=1S/C16H20N4O3S/c1-5-14-18-12(8-24-14)11(4)17-16(21)19-15-9(2)6-7-13(10(15)3)20(22)23/h6-8,11H,5H2,1-4H3,(H2,17,19,21)/t11-/m1/s1. The molecule has 2 amide bonds. The van der Waals surface area contributed by atoms with Gasteiger partial charge in [-0.15, -0.1) is 11.3 Å². The largest absolute Gasteiger partial charge is 0.330 e. The fourth-order valence-electron chi connectivity index (χ4n) is 2.33. The monoisotopic (exact) mass is 348 g/mol. The summed E-state index contributed by atoms with van der Waals surface area (Å²) in [6.45, 7) is 7.30. The maximum Gasteiger partial charge on any atom is 0.319 e. The highest BCUT2D eigenvalue weighted by Gasteiger charge is 2.19. The number of aromatic nitrogens is 1. The van der Waals surface area contributed by atoms with Crippen LogP contribution in [0.3, 0.4) is 0 Å². The highest BCUT2D eigenvalue weighted by molar-refractivity contribution is 7.09. The van der Waals surface area contributed by atoms with Crippen molar-refractivity contribution < 1.29 is 9.72 Å². The number of anilines is 1. The molecule has 128 valence electrons. The zero-order valence-electron chi connectivity index (χ0n) is 14.0. The van der Waals surface area contributed by atoms with E-state index in [-0.39, 0.29) is 11.7 Å². The first-order valence-electron chi connectivity index (χ1n) is 7.59. The second-order valence-corrected chi connectivity index (χ2v) is 6.44. The number of hydrogen-bond donors (Lipinski definition) is 2. The first-order chi connectivity index (χ1) is 11.3. The number of nitro benzene ring substituents is 1. The van der Waals surface area contributed by atoms with Gasteiger partial charge in [0.05, 0.1) is 32.9 Å². The number of benzene rings is 1. The van der Waals surface area contributed by atoms with Crippen LogP contribution in [-0.4, -0.2) is 15.9 Å². The minimum atomic E-state index is -0.456. The Kier molecular flexibility index (Phi) is 5.50. The van der Waals surface area contributed by atoms with Crippen molar-refractivity contribution in [2.45, 2.75) is 40.2 Å². The molecule has 1 aromatic carbocycles. The van der Waals surface area contributed by atoms with E-state index in [4.69, 9.17) is 0 Å². The van der Waals surface area contributed by atoms with Crippen molar-refractivity contribution >= 4 is 28.7 Å². The van der Waals surface area contributed by atoms with E-state index >= 15 is 0 Å². The smallest absolute Gasteiger partial charge is 0.319 e. The molecular formula is C16H20N4O3S. The number of aryl methyl sites for hydroxylation is 2. The molecule has 0 aliphatic rings. The van der Waals surface area contributed by atoms with E-state index in [1.165, 1.54) is 6.07 Å². The van der Waals surface area contributed by atoms with Gasteiger partial charge in [-0.1, -0.05) is 13.0 Å². The molecule has 2 aromatic rings. The first kappa shape index (κ1) is 17.9. The zero-order valence-corrected chi connectivity index (χ0v) is 14.9. The number of amides is 2. The lowest BCUT2D eigenvalue weighted by atomic mass is 10.1. The van der Waals surface area contributed by atoms with Crippen molar-refractivity contribution in [2.75, 3.05) is 5.32 Å². The van der Waals surface area contributed by atoms with E-state index in [0.717, 1.165) is 22.7 Å². The Morgan fingerprint density at radius 3 is 2.71 bits per heavy atom. The Balaban J connectivity index is 2.12. The van der Waals surface area contributed by atoms with Crippen LogP contribution in [-0.2, 0) is 6.42 Å². The fourth-order valence-corrected chi connectivity index (χ4v) is 3.17. The lowest BCUT2D eigenvalue weighted by molar-refractivity contribution is -0.385. The van der Waals surface area contributed by atoms with Crippen LogP contribution in [0.25, 0.3) is 0 Å². The molecule has 2 rings (SSSR count). The lowest BCUT2D eigenvalue weighted by Crippen LogP contribution is -2.31. The fraction of sp³-hybridized carbons (Fsp3) is 0.375. The van der Waals surface area contributed by atoms with Gasteiger partial charge in [-0.25, -0.2) is 9.78 Å². The normalized spacial score (nSPS) is 11.8. The molecule has 0 saturated carbocycles. The van der Waals surface area contributed by atoms with E-state index in [2.05, 4.69) is 15.6 Å². The van der Waals surface area contributed by atoms with Crippen molar-refractivity contribution in [2.24, 2.45) is 0 Å². The van der Waals surface area contributed by atoms with Crippen LogP contribution in [0.15, 0.2) is 17.5 Å². The van der Waals surface area contributed by atoms with Gasteiger partial charge in [0.25, 0.3) is 5.69 Å². The maximum atomic E-state index is 12.2. The van der Waals surface area contributed by atoms with Gasteiger partial charge in [0.15, 0.2) is 0 Å². The zero-order chi connectivity index (χ0) is 17.9. The summed E-state index contributed by atoms with van der Waals surface area (Å²) in [7, 11) is 0. The number of carbonyl (C=O) groups excluding carboxylic acids is 1. The van der Waals surface area contributed by atoms with Crippen LogP contribution >= 0.6 is 11.3 Å². The van der Waals surface area contributed by atoms with Crippen molar-refractivity contribution in [1.29, 1.82) is 0 Å². The van der Waals surface area contributed by atoms with Crippen LogP contribution in [0, 0.1) is 24.0 Å². The highest BCUT2D eigenvalue weighted by Crippen LogP contribution is 2.28. The van der Waals surface area contributed by atoms with Crippen LogP contribution in [0.5, 0.6) is 0 Å². The third-order valence-electron chi connectivity index (χ3n) is 3.74. The van der Waals surface area contributed by atoms with Gasteiger partial charge in [-0.2, -0.15) is 0 Å². The van der Waals surface area contributed by atoms with E-state index in [9.17, 15) is 14.9 Å². The molecule has 0 aliphatic heterocycles. The number of nitrogens with zero attached hydrogens (tertiary/aromatic N) is 2. The molecule has 7 nitrogen and oxygen atoms in total. The second-order valence-electron chi connectivity index (χ2n) is 5.50. The molecule has 1 aromatic heterocycles. The van der Waals surface area contributed by atoms with Crippen molar-refractivity contribution in [3.63, 3.8) is 0 Å². The topological polar surface area (TPSA) is 97.2 Å². The maximum absolute atomic E-state index is 12.2. The summed E-state index contributed by atoms with van der Waals surface area (Å²) < 4.78 is 0. The minimum Gasteiger partial charge on any atom is -0.330 e. The summed E-state index contributed by atoms with van der Waals surface area (Å²) in [6.07, 6.45) is 0.857. The summed E-state index contributed by atoms with van der Waals surface area (Å²) in [5.41, 5.74) is 2.45. The molecule has 0 aliphatic carbocycles. The molecule has 1 atom stereocenters. The van der Waals surface area contributed by atoms with E-state index in [1.54, 1.807) is 31.3 Å². The predicted molar refractivity (Wildman–Crippen MR) is 94.6 cm³/mol. The first-order valence-corrected chi connectivity index (χ1v) is 8.47. The summed E-state index contributed by atoms with van der Waals surface area (Å²) in [5.74, 6) is 0. The number of nitrogens with one attached hydrogen (secondary N) is 2. The summed E-state index contributed by atoms with van der Waals surface area (Å²) in [4.78, 5) is 27.3. The highest BCUT2D eigenvalue weighted by atomic mass is 32.1. The molecule has 2 N–H and O–H groups in total. The molecule has 1 heterocycles. The summed E-state index contributed by atoms with van der Waals surface area (Å²) in [6, 6.07) is 2.40. The SMILES string of the molecule is CCc1nc([C@@H](C)NC(=O)Nc2c(C)ccc([N+](=O)[O-])c2C)cs1. The van der Waals surface area contributed by atoms with Gasteiger partial charge < -0.3 is 10.6 Å². The predicted octanol–water partition coefficient (Wildman–Crippen LogP) is 4.11. The van der Waals surface area contributed by atoms with Gasteiger partial charge in [0.2, 0.25) is 0 Å². The molecule has 0 bridgehead atoms. The van der Waals surface area contributed by atoms with Crippen LogP contribution in [0.2, 0.25) is 0 Å². The molecule has 0 spiro atoms. The molecule has 0 radical (unpaired) electrons. The molecule has 0 unspecified atom stereocenters. The lowest BCUT2D eigenvalue weighted by Gasteiger charge is -2.15. The van der Waals surface area contributed by atoms with Crippen LogP contribution < -0.4 is 10.6 Å². The Morgan fingerprint density at radius 2 is 2.12 bits per heavy atom. The number of hydrogen-bond acceptors (Lipinski definition) is 5. The summed E-state index contributed by atoms with van der Waals surface area (Å²) in [5, 5.41) is 19.5. The van der Waals surface area contributed by atoms with Crippen LogP contribution in [0.4, 0.5) is 16.2 Å². The van der Waals surface area contributed by atoms with Gasteiger partial charge in [-0.05, 0) is 32.8 Å². The minimum absolute atomic E-state index is 0.0176. The number of rotatable bonds is 5. The van der Waals surface area contributed by atoms with E-state index in [1.807, 2.05) is 19.2 Å². The Hall–Kier alpha value is -2.48. The molecule has 8 heteroatoms. The molecule has 0 saturated heterocycles. The molecular weight excluding hydrogens is 328 g/mol. The Labute approximate surface area is 144 Å². The number of carbonyl (C=O) groups is 1. The third-order valence-corrected chi connectivity index (χ3v) is 4.75. The number of urea groups is 1. The second kappa shape index (κ2) is 7.39.